The lowest BCUT2D eigenvalue weighted by atomic mass is 10.2. The first kappa shape index (κ1) is 14.4. The van der Waals surface area contributed by atoms with E-state index in [-0.39, 0.29) is 0 Å². The topological polar surface area (TPSA) is 48.3 Å². The van der Waals surface area contributed by atoms with E-state index < -0.39 is 0 Å². The first-order valence-corrected chi connectivity index (χ1v) is 6.54. The van der Waals surface area contributed by atoms with Gasteiger partial charge in [-0.3, -0.25) is 0 Å². The Morgan fingerprint density at radius 3 is 2.80 bits per heavy atom. The van der Waals surface area contributed by atoms with Crippen molar-refractivity contribution in [3.05, 3.63) is 41.1 Å². The summed E-state index contributed by atoms with van der Waals surface area (Å²) >= 11 is 0. The minimum Gasteiger partial charge on any atom is -0.481 e. The van der Waals surface area contributed by atoms with Crippen LogP contribution >= 0.6 is 0 Å². The zero-order valence-corrected chi connectivity index (χ0v) is 12.4. The molecule has 0 spiro atoms. The van der Waals surface area contributed by atoms with Crippen molar-refractivity contribution in [1.29, 1.82) is 0 Å². The Kier molecular flexibility index (Phi) is 4.63. The molecule has 0 unspecified atom stereocenters. The van der Waals surface area contributed by atoms with Crippen LogP contribution in [-0.2, 0) is 24.9 Å². The predicted molar refractivity (Wildman–Crippen MR) is 79.0 cm³/mol. The van der Waals surface area contributed by atoms with Gasteiger partial charge in [-0.2, -0.15) is 5.10 Å². The van der Waals surface area contributed by atoms with Crippen molar-refractivity contribution >= 4 is 5.69 Å². The van der Waals surface area contributed by atoms with E-state index in [1.165, 1.54) is 0 Å². The van der Waals surface area contributed by atoms with E-state index >= 15 is 0 Å². The number of nitrogens with zero attached hydrogens (tertiary/aromatic N) is 2. The second-order valence-electron chi connectivity index (χ2n) is 4.68. The van der Waals surface area contributed by atoms with Gasteiger partial charge in [0.05, 0.1) is 25.0 Å². The number of aromatic nitrogens is 2. The highest BCUT2D eigenvalue weighted by atomic mass is 16.5. The molecule has 108 valence electrons. The molecule has 1 aromatic heterocycles. The number of nitrogens with one attached hydrogen (secondary N) is 1. The molecular weight excluding hydrogens is 254 g/mol. The molecule has 2 rings (SSSR count). The van der Waals surface area contributed by atoms with Crippen molar-refractivity contribution in [2.75, 3.05) is 19.5 Å². The van der Waals surface area contributed by atoms with Gasteiger partial charge in [-0.05, 0) is 24.6 Å². The molecule has 5 nitrogen and oxygen atoms in total. The lowest BCUT2D eigenvalue weighted by molar-refractivity contribution is 0.185. The number of hydrogen-bond donors (Lipinski definition) is 1. The van der Waals surface area contributed by atoms with Crippen LogP contribution in [0.1, 0.15) is 16.8 Å². The Morgan fingerprint density at radius 1 is 1.30 bits per heavy atom. The zero-order valence-electron chi connectivity index (χ0n) is 12.4. The highest BCUT2D eigenvalue weighted by molar-refractivity contribution is 5.47. The fourth-order valence-electron chi connectivity index (χ4n) is 2.27. The molecule has 1 aromatic carbocycles. The van der Waals surface area contributed by atoms with Crippen LogP contribution in [0.15, 0.2) is 24.3 Å². The molecule has 0 saturated carbocycles. The highest BCUT2D eigenvalue weighted by Crippen LogP contribution is 2.22. The van der Waals surface area contributed by atoms with E-state index in [4.69, 9.17) is 9.47 Å². The van der Waals surface area contributed by atoms with Crippen LogP contribution in [0.25, 0.3) is 0 Å². The number of hydrogen-bond acceptors (Lipinski definition) is 4. The smallest absolute Gasteiger partial charge is 0.216 e. The van der Waals surface area contributed by atoms with Crippen LogP contribution in [0.5, 0.6) is 5.88 Å². The minimum atomic E-state index is 0.616. The Bertz CT molecular complexity index is 578. The van der Waals surface area contributed by atoms with E-state index in [1.54, 1.807) is 18.9 Å². The van der Waals surface area contributed by atoms with Crippen LogP contribution in [0.2, 0.25) is 0 Å². The van der Waals surface area contributed by atoms with Gasteiger partial charge in [0.2, 0.25) is 5.88 Å². The second-order valence-corrected chi connectivity index (χ2v) is 4.68. The van der Waals surface area contributed by atoms with Gasteiger partial charge in [0.25, 0.3) is 0 Å². The largest absolute Gasteiger partial charge is 0.481 e. The van der Waals surface area contributed by atoms with Gasteiger partial charge in [0.1, 0.15) is 0 Å². The molecule has 0 amide bonds. The highest BCUT2D eigenvalue weighted by Gasteiger charge is 2.13. The first-order valence-electron chi connectivity index (χ1n) is 6.54. The first-order chi connectivity index (χ1) is 9.65. The van der Waals surface area contributed by atoms with Crippen molar-refractivity contribution in [2.45, 2.75) is 20.1 Å². The summed E-state index contributed by atoms with van der Waals surface area (Å²) in [5.74, 6) is 0.794. The van der Waals surface area contributed by atoms with Crippen molar-refractivity contribution in [3.63, 3.8) is 0 Å². The summed E-state index contributed by atoms with van der Waals surface area (Å²) in [4.78, 5) is 0. The Labute approximate surface area is 119 Å². The molecule has 0 aliphatic rings. The molecule has 0 saturated heterocycles. The molecule has 0 aliphatic carbocycles. The fourth-order valence-corrected chi connectivity index (χ4v) is 2.27. The van der Waals surface area contributed by atoms with Gasteiger partial charge in [-0.1, -0.05) is 12.1 Å². The van der Waals surface area contributed by atoms with Crippen LogP contribution in [0, 0.1) is 6.92 Å². The Morgan fingerprint density at radius 2 is 2.10 bits per heavy atom. The zero-order chi connectivity index (χ0) is 14.5. The maximum Gasteiger partial charge on any atom is 0.216 e. The van der Waals surface area contributed by atoms with Gasteiger partial charge in [0, 0.05) is 26.4 Å². The number of methoxy groups -OCH3 is 2. The normalized spacial score (nSPS) is 10.6. The number of ether oxygens (including phenoxy) is 2. The van der Waals surface area contributed by atoms with Crippen LogP contribution in [0.3, 0.4) is 0 Å². The molecule has 0 aliphatic heterocycles. The molecule has 1 N–H and O–H groups in total. The number of rotatable bonds is 6. The lowest BCUT2D eigenvalue weighted by Crippen LogP contribution is -2.03. The van der Waals surface area contributed by atoms with Gasteiger partial charge in [-0.15, -0.1) is 0 Å². The fraction of sp³-hybridized carbons (Fsp3) is 0.400. The molecule has 20 heavy (non-hydrogen) atoms. The Balaban J connectivity index is 2.10. The van der Waals surface area contributed by atoms with E-state index in [2.05, 4.69) is 16.5 Å². The number of benzene rings is 1. The minimum absolute atomic E-state index is 0.616. The third-order valence-corrected chi connectivity index (χ3v) is 3.19. The maximum absolute atomic E-state index is 5.39. The molecule has 0 atom stereocenters. The van der Waals surface area contributed by atoms with Crippen LogP contribution in [-0.4, -0.2) is 24.0 Å². The standard InChI is InChI=1S/C15H21N3O2/c1-11-14(15(20-4)18(2)17-11)9-16-13-7-5-6-12(8-13)10-19-3/h5-8,16H,9-10H2,1-4H3. The summed E-state index contributed by atoms with van der Waals surface area (Å²) in [6.07, 6.45) is 0. The quantitative estimate of drug-likeness (QED) is 0.880. The molecule has 2 aromatic rings. The van der Waals surface area contributed by atoms with Crippen molar-refractivity contribution in [3.8, 4) is 5.88 Å². The molecule has 0 fully saturated rings. The van der Waals surface area contributed by atoms with Crippen LogP contribution < -0.4 is 10.1 Å². The summed E-state index contributed by atoms with van der Waals surface area (Å²) in [6, 6.07) is 8.19. The lowest BCUT2D eigenvalue weighted by Gasteiger charge is -2.09. The van der Waals surface area contributed by atoms with E-state index in [0.717, 1.165) is 28.4 Å². The second kappa shape index (κ2) is 6.43. The summed E-state index contributed by atoms with van der Waals surface area (Å²) in [6.45, 7) is 3.28. The summed E-state index contributed by atoms with van der Waals surface area (Å²) < 4.78 is 12.3. The van der Waals surface area contributed by atoms with Crippen LogP contribution in [0.4, 0.5) is 5.69 Å². The van der Waals surface area contributed by atoms with Crippen molar-refractivity contribution in [1.82, 2.24) is 9.78 Å². The van der Waals surface area contributed by atoms with Gasteiger partial charge in [0.15, 0.2) is 0 Å². The van der Waals surface area contributed by atoms with E-state index in [0.29, 0.717) is 13.2 Å². The molecular formula is C15H21N3O2. The monoisotopic (exact) mass is 275 g/mol. The number of anilines is 1. The summed E-state index contributed by atoms with van der Waals surface area (Å²) in [7, 11) is 5.25. The summed E-state index contributed by atoms with van der Waals surface area (Å²) in [5.41, 5.74) is 4.26. The summed E-state index contributed by atoms with van der Waals surface area (Å²) in [5, 5.41) is 7.77. The third-order valence-electron chi connectivity index (χ3n) is 3.19. The van der Waals surface area contributed by atoms with Gasteiger partial charge in [-0.25, -0.2) is 4.68 Å². The number of aryl methyl sites for hydroxylation is 2. The predicted octanol–water partition coefficient (Wildman–Crippen LogP) is 2.50. The molecule has 0 radical (unpaired) electrons. The molecule has 5 heteroatoms. The van der Waals surface area contributed by atoms with Gasteiger partial charge >= 0.3 is 0 Å². The Hall–Kier alpha value is -2.01. The van der Waals surface area contributed by atoms with Crippen molar-refractivity contribution in [2.24, 2.45) is 7.05 Å². The average Bonchev–Trinajstić information content (AvgIpc) is 2.71. The average molecular weight is 275 g/mol. The molecule has 1 heterocycles. The van der Waals surface area contributed by atoms with E-state index in [1.807, 2.05) is 32.2 Å². The maximum atomic E-state index is 5.39. The van der Waals surface area contributed by atoms with E-state index in [9.17, 15) is 0 Å². The van der Waals surface area contributed by atoms with Gasteiger partial charge < -0.3 is 14.8 Å². The van der Waals surface area contributed by atoms with Crippen molar-refractivity contribution < 1.29 is 9.47 Å². The molecule has 0 bridgehead atoms. The third kappa shape index (κ3) is 3.11. The SMILES string of the molecule is COCc1cccc(NCc2c(C)nn(C)c2OC)c1.